The Morgan fingerprint density at radius 2 is 2.64 bits per heavy atom. The van der Waals surface area contributed by atoms with Crippen molar-refractivity contribution in [2.45, 2.75) is 13.0 Å². The second kappa shape index (κ2) is 3.75. The highest BCUT2D eigenvalue weighted by Gasteiger charge is 2.17. The zero-order chi connectivity index (χ0) is 9.97. The van der Waals surface area contributed by atoms with Gasteiger partial charge in [0.25, 0.3) is 0 Å². The molecule has 0 unspecified atom stereocenters. The fourth-order valence-corrected chi connectivity index (χ4v) is 1.54. The van der Waals surface area contributed by atoms with E-state index in [-0.39, 0.29) is 5.69 Å². The van der Waals surface area contributed by atoms with Crippen LogP contribution in [0.1, 0.15) is 6.42 Å². The topological polar surface area (TPSA) is 70.2 Å². The zero-order valence-corrected chi connectivity index (χ0v) is 7.63. The summed E-state index contributed by atoms with van der Waals surface area (Å²) < 4.78 is 6.82. The van der Waals surface area contributed by atoms with E-state index in [9.17, 15) is 10.1 Å². The van der Waals surface area contributed by atoms with E-state index in [1.807, 2.05) is 0 Å². The van der Waals surface area contributed by atoms with Crippen LogP contribution in [0.2, 0.25) is 0 Å². The van der Waals surface area contributed by atoms with E-state index in [1.165, 1.54) is 12.4 Å². The lowest BCUT2D eigenvalue weighted by molar-refractivity contribution is -0.385. The summed E-state index contributed by atoms with van der Waals surface area (Å²) in [6, 6.07) is 0. The molecule has 0 aliphatic carbocycles. The minimum atomic E-state index is -0.436. The van der Waals surface area contributed by atoms with Gasteiger partial charge in [0, 0.05) is 19.1 Å². The van der Waals surface area contributed by atoms with Crippen LogP contribution in [0.3, 0.4) is 0 Å². The van der Waals surface area contributed by atoms with Crippen molar-refractivity contribution in [3.8, 4) is 0 Å². The first kappa shape index (κ1) is 9.14. The van der Waals surface area contributed by atoms with Crippen LogP contribution in [0, 0.1) is 16.0 Å². The molecule has 0 N–H and O–H groups in total. The van der Waals surface area contributed by atoms with E-state index in [1.54, 1.807) is 4.68 Å². The fourth-order valence-electron chi connectivity index (χ4n) is 1.54. The molecule has 1 aliphatic heterocycles. The van der Waals surface area contributed by atoms with E-state index in [0.29, 0.717) is 12.5 Å². The summed E-state index contributed by atoms with van der Waals surface area (Å²) in [6.07, 6.45) is 3.74. The first-order valence-electron chi connectivity index (χ1n) is 4.50. The normalized spacial score (nSPS) is 21.3. The molecule has 2 heterocycles. The maximum atomic E-state index is 10.4. The minimum absolute atomic E-state index is 0.0453. The first-order valence-corrected chi connectivity index (χ1v) is 4.50. The van der Waals surface area contributed by atoms with Gasteiger partial charge in [0.2, 0.25) is 0 Å². The molecule has 0 bridgehead atoms. The Bertz CT molecular complexity index is 330. The standard InChI is InChI=1S/C8H11N3O3/c12-11(13)8-3-9-10(5-8)4-7-1-2-14-6-7/h3,5,7H,1-2,4,6H2/t7-/m1/s1. The summed E-state index contributed by atoms with van der Waals surface area (Å²) in [5, 5.41) is 14.3. The first-order chi connectivity index (χ1) is 6.75. The molecular weight excluding hydrogens is 186 g/mol. The van der Waals surface area contributed by atoms with Crippen LogP contribution in [-0.2, 0) is 11.3 Å². The number of hydrogen-bond donors (Lipinski definition) is 0. The summed E-state index contributed by atoms with van der Waals surface area (Å²) in [4.78, 5) is 9.94. The summed E-state index contributed by atoms with van der Waals surface area (Å²) >= 11 is 0. The van der Waals surface area contributed by atoms with Crippen molar-refractivity contribution in [2.24, 2.45) is 5.92 Å². The maximum absolute atomic E-state index is 10.4. The molecule has 0 saturated carbocycles. The van der Waals surface area contributed by atoms with E-state index in [2.05, 4.69) is 5.10 Å². The number of aromatic nitrogens is 2. The Labute approximate surface area is 80.6 Å². The lowest BCUT2D eigenvalue weighted by Crippen LogP contribution is -2.10. The van der Waals surface area contributed by atoms with Gasteiger partial charge in [0.15, 0.2) is 0 Å². The van der Waals surface area contributed by atoms with Crippen molar-refractivity contribution >= 4 is 5.69 Å². The lowest BCUT2D eigenvalue weighted by atomic mass is 10.1. The molecule has 0 amide bonds. The number of ether oxygens (including phenoxy) is 1. The van der Waals surface area contributed by atoms with Crippen molar-refractivity contribution in [2.75, 3.05) is 13.2 Å². The molecule has 76 valence electrons. The van der Waals surface area contributed by atoms with Gasteiger partial charge in [-0.1, -0.05) is 0 Å². The van der Waals surface area contributed by atoms with Gasteiger partial charge >= 0.3 is 5.69 Å². The molecule has 6 nitrogen and oxygen atoms in total. The van der Waals surface area contributed by atoms with E-state index >= 15 is 0 Å². The Morgan fingerprint density at radius 1 is 1.79 bits per heavy atom. The average Bonchev–Trinajstić information content (AvgIpc) is 2.75. The molecule has 0 aromatic carbocycles. The fraction of sp³-hybridized carbons (Fsp3) is 0.625. The van der Waals surface area contributed by atoms with Gasteiger partial charge in [-0.3, -0.25) is 14.8 Å². The van der Waals surface area contributed by atoms with Crippen molar-refractivity contribution in [1.29, 1.82) is 0 Å². The molecule has 1 aromatic heterocycles. The summed E-state index contributed by atoms with van der Waals surface area (Å²) in [7, 11) is 0. The Kier molecular flexibility index (Phi) is 2.45. The molecule has 1 atom stereocenters. The minimum Gasteiger partial charge on any atom is -0.381 e. The van der Waals surface area contributed by atoms with Crippen molar-refractivity contribution in [3.63, 3.8) is 0 Å². The van der Waals surface area contributed by atoms with Gasteiger partial charge < -0.3 is 4.74 Å². The Morgan fingerprint density at radius 3 is 3.21 bits per heavy atom. The summed E-state index contributed by atoms with van der Waals surface area (Å²) in [5.41, 5.74) is 0.0453. The number of rotatable bonds is 3. The van der Waals surface area contributed by atoms with Crippen molar-refractivity contribution in [1.82, 2.24) is 9.78 Å². The van der Waals surface area contributed by atoms with Crippen LogP contribution in [0.4, 0.5) is 5.69 Å². The predicted octanol–water partition coefficient (Wildman–Crippen LogP) is 0.828. The van der Waals surface area contributed by atoms with Gasteiger partial charge in [-0.25, -0.2) is 0 Å². The predicted molar refractivity (Wildman–Crippen MR) is 47.8 cm³/mol. The number of nitrogens with zero attached hydrogens (tertiary/aromatic N) is 3. The van der Waals surface area contributed by atoms with E-state index in [0.717, 1.165) is 19.6 Å². The molecule has 1 saturated heterocycles. The van der Waals surface area contributed by atoms with E-state index in [4.69, 9.17) is 4.74 Å². The highest BCUT2D eigenvalue weighted by Crippen LogP contribution is 2.16. The highest BCUT2D eigenvalue weighted by atomic mass is 16.6. The molecule has 1 aliphatic rings. The van der Waals surface area contributed by atoms with Crippen LogP contribution < -0.4 is 0 Å². The van der Waals surface area contributed by atoms with Crippen LogP contribution in [0.15, 0.2) is 12.4 Å². The SMILES string of the molecule is O=[N+]([O-])c1cnn(C[C@H]2CCOC2)c1. The van der Waals surface area contributed by atoms with Gasteiger partial charge in [-0.05, 0) is 6.42 Å². The van der Waals surface area contributed by atoms with Gasteiger partial charge in [0.1, 0.15) is 12.4 Å². The van der Waals surface area contributed by atoms with Crippen LogP contribution in [0.25, 0.3) is 0 Å². The molecule has 14 heavy (non-hydrogen) atoms. The molecule has 0 radical (unpaired) electrons. The monoisotopic (exact) mass is 197 g/mol. The smallest absolute Gasteiger partial charge is 0.306 e. The molecule has 1 fully saturated rings. The highest BCUT2D eigenvalue weighted by molar-refractivity contribution is 5.20. The largest absolute Gasteiger partial charge is 0.381 e. The summed E-state index contributed by atoms with van der Waals surface area (Å²) in [5.74, 6) is 0.439. The second-order valence-corrected chi connectivity index (χ2v) is 3.41. The average molecular weight is 197 g/mol. The van der Waals surface area contributed by atoms with Crippen molar-refractivity contribution in [3.05, 3.63) is 22.5 Å². The van der Waals surface area contributed by atoms with Gasteiger partial charge in [-0.2, -0.15) is 5.10 Å². The van der Waals surface area contributed by atoms with E-state index < -0.39 is 4.92 Å². The summed E-state index contributed by atoms with van der Waals surface area (Å²) in [6.45, 7) is 2.22. The lowest BCUT2D eigenvalue weighted by Gasteiger charge is -2.05. The molecule has 0 spiro atoms. The third kappa shape index (κ3) is 1.90. The quantitative estimate of drug-likeness (QED) is 0.531. The zero-order valence-electron chi connectivity index (χ0n) is 7.63. The van der Waals surface area contributed by atoms with Gasteiger partial charge in [0.05, 0.1) is 11.5 Å². The number of hydrogen-bond acceptors (Lipinski definition) is 4. The second-order valence-electron chi connectivity index (χ2n) is 3.41. The Hall–Kier alpha value is -1.43. The molecule has 1 aromatic rings. The molecule has 6 heteroatoms. The van der Waals surface area contributed by atoms with Crippen LogP contribution >= 0.6 is 0 Å². The molecular formula is C8H11N3O3. The van der Waals surface area contributed by atoms with Crippen LogP contribution in [-0.4, -0.2) is 27.9 Å². The van der Waals surface area contributed by atoms with Crippen LogP contribution in [0.5, 0.6) is 0 Å². The number of nitro groups is 1. The van der Waals surface area contributed by atoms with Crippen molar-refractivity contribution < 1.29 is 9.66 Å². The molecule has 2 rings (SSSR count). The third-order valence-corrected chi connectivity index (χ3v) is 2.30. The Balaban J connectivity index is 1.98. The third-order valence-electron chi connectivity index (χ3n) is 2.30. The van der Waals surface area contributed by atoms with Gasteiger partial charge in [-0.15, -0.1) is 0 Å². The maximum Gasteiger partial charge on any atom is 0.306 e.